The van der Waals surface area contributed by atoms with Crippen molar-refractivity contribution in [1.29, 1.82) is 0 Å². The summed E-state index contributed by atoms with van der Waals surface area (Å²) < 4.78 is 5.51. The number of pyridine rings is 1. The predicted octanol–water partition coefficient (Wildman–Crippen LogP) is 4.12. The number of carbonyl (C=O) groups excluding carboxylic acids is 1. The highest BCUT2D eigenvalue weighted by molar-refractivity contribution is 5.91. The lowest BCUT2D eigenvalue weighted by Gasteiger charge is -2.25. The van der Waals surface area contributed by atoms with Crippen molar-refractivity contribution in [2.75, 3.05) is 0 Å². The normalized spacial score (nSPS) is 16.5. The van der Waals surface area contributed by atoms with Crippen molar-refractivity contribution in [2.45, 2.75) is 12.3 Å². The van der Waals surface area contributed by atoms with E-state index in [-0.39, 0.29) is 23.9 Å². The summed E-state index contributed by atoms with van der Waals surface area (Å²) in [5.41, 5.74) is 1.94. The van der Waals surface area contributed by atoms with Crippen molar-refractivity contribution < 1.29 is 9.53 Å². The number of rotatable bonds is 1. The third kappa shape index (κ3) is 2.23. The summed E-state index contributed by atoms with van der Waals surface area (Å²) in [6, 6.07) is 21.5. The molecule has 5 rings (SSSR count). The highest BCUT2D eigenvalue weighted by Crippen LogP contribution is 2.40. The molecule has 2 heterocycles. The topological polar surface area (TPSA) is 59.2 Å². The molecule has 0 aliphatic carbocycles. The summed E-state index contributed by atoms with van der Waals surface area (Å²) in [6.07, 6.45) is 0.159. The van der Waals surface area contributed by atoms with Gasteiger partial charge in [-0.1, -0.05) is 54.6 Å². The van der Waals surface area contributed by atoms with Crippen LogP contribution in [-0.2, 0) is 4.79 Å². The molecule has 0 amide bonds. The van der Waals surface area contributed by atoms with Crippen LogP contribution in [-0.4, -0.2) is 11.0 Å². The van der Waals surface area contributed by atoms with Gasteiger partial charge in [0.05, 0.1) is 17.5 Å². The van der Waals surface area contributed by atoms with Crippen LogP contribution in [0.5, 0.6) is 5.75 Å². The number of hydrogen-bond acceptors (Lipinski definition) is 3. The van der Waals surface area contributed by atoms with Gasteiger partial charge in [0.15, 0.2) is 0 Å². The number of aromatic nitrogens is 1. The Labute approximate surface area is 149 Å². The third-order valence-electron chi connectivity index (χ3n) is 5.02. The molecule has 1 aliphatic heterocycles. The van der Waals surface area contributed by atoms with Gasteiger partial charge in [0.2, 0.25) is 0 Å². The highest BCUT2D eigenvalue weighted by atomic mass is 16.5. The Morgan fingerprint density at radius 1 is 0.885 bits per heavy atom. The fourth-order valence-electron chi connectivity index (χ4n) is 3.79. The molecule has 0 spiro atoms. The lowest BCUT2D eigenvalue weighted by atomic mass is 9.85. The average molecular weight is 341 g/mol. The number of hydrogen-bond donors (Lipinski definition) is 1. The van der Waals surface area contributed by atoms with Crippen LogP contribution in [0.1, 0.15) is 23.5 Å². The van der Waals surface area contributed by atoms with E-state index in [1.54, 1.807) is 0 Å². The predicted molar refractivity (Wildman–Crippen MR) is 101 cm³/mol. The Morgan fingerprint density at radius 2 is 1.65 bits per heavy atom. The quantitative estimate of drug-likeness (QED) is 0.530. The minimum Gasteiger partial charge on any atom is -0.425 e. The van der Waals surface area contributed by atoms with E-state index in [1.165, 1.54) is 0 Å². The maximum Gasteiger partial charge on any atom is 0.312 e. The van der Waals surface area contributed by atoms with Crippen LogP contribution in [0.15, 0.2) is 71.5 Å². The van der Waals surface area contributed by atoms with Crippen molar-refractivity contribution in [1.82, 2.24) is 4.98 Å². The molecule has 3 aromatic carbocycles. The molecule has 1 atom stereocenters. The molecule has 1 aliphatic rings. The fraction of sp³-hybridized carbons (Fsp3) is 0.0909. The number of fused-ring (bicyclic) bond motifs is 4. The largest absolute Gasteiger partial charge is 0.425 e. The van der Waals surface area contributed by atoms with Gasteiger partial charge in [0, 0.05) is 11.3 Å². The number of esters is 1. The number of nitrogens with one attached hydrogen (secondary N) is 1. The number of benzene rings is 3. The smallest absolute Gasteiger partial charge is 0.312 e. The molecule has 0 radical (unpaired) electrons. The van der Waals surface area contributed by atoms with Gasteiger partial charge in [0.25, 0.3) is 5.56 Å². The Balaban J connectivity index is 1.78. The molecule has 0 saturated carbocycles. The third-order valence-corrected chi connectivity index (χ3v) is 5.02. The summed E-state index contributed by atoms with van der Waals surface area (Å²) in [5.74, 6) is -0.241. The summed E-state index contributed by atoms with van der Waals surface area (Å²) in [6.45, 7) is 0. The number of H-pyrrole nitrogens is 1. The Morgan fingerprint density at radius 3 is 2.54 bits per heavy atom. The monoisotopic (exact) mass is 341 g/mol. The lowest BCUT2D eigenvalue weighted by Crippen LogP contribution is -2.28. The van der Waals surface area contributed by atoms with E-state index in [0.717, 1.165) is 21.7 Å². The van der Waals surface area contributed by atoms with E-state index < -0.39 is 0 Å². The molecular formula is C22H15NO3. The average Bonchev–Trinajstić information content (AvgIpc) is 2.67. The van der Waals surface area contributed by atoms with E-state index in [2.05, 4.69) is 11.1 Å². The van der Waals surface area contributed by atoms with Gasteiger partial charge in [-0.3, -0.25) is 9.59 Å². The number of para-hydroxylation sites is 1. The fourth-order valence-corrected chi connectivity index (χ4v) is 3.79. The second-order valence-corrected chi connectivity index (χ2v) is 6.58. The van der Waals surface area contributed by atoms with Crippen LogP contribution in [0.25, 0.3) is 21.7 Å². The Kier molecular flexibility index (Phi) is 3.19. The van der Waals surface area contributed by atoms with Gasteiger partial charge >= 0.3 is 5.97 Å². The maximum absolute atomic E-state index is 12.8. The molecule has 1 N–H and O–H groups in total. The van der Waals surface area contributed by atoms with Crippen LogP contribution in [0, 0.1) is 0 Å². The first-order valence-corrected chi connectivity index (χ1v) is 8.55. The molecule has 4 aromatic rings. The van der Waals surface area contributed by atoms with Crippen LogP contribution in [0.3, 0.4) is 0 Å². The van der Waals surface area contributed by atoms with Gasteiger partial charge in [-0.2, -0.15) is 0 Å². The van der Waals surface area contributed by atoms with Crippen LogP contribution in [0.2, 0.25) is 0 Å². The highest BCUT2D eigenvalue weighted by Gasteiger charge is 2.32. The second kappa shape index (κ2) is 5.56. The van der Waals surface area contributed by atoms with Crippen molar-refractivity contribution in [3.8, 4) is 5.75 Å². The summed E-state index contributed by atoms with van der Waals surface area (Å²) in [7, 11) is 0. The van der Waals surface area contributed by atoms with Gasteiger partial charge in [-0.05, 0) is 28.5 Å². The van der Waals surface area contributed by atoms with E-state index in [9.17, 15) is 9.59 Å². The number of carbonyl (C=O) groups is 1. The SMILES string of the molecule is O=C1CC(c2ccc3ccccc3c2)c2c(c3ccccc3[nH]c2=O)O1. The summed E-state index contributed by atoms with van der Waals surface area (Å²) in [4.78, 5) is 28.0. The summed E-state index contributed by atoms with van der Waals surface area (Å²) in [5, 5.41) is 2.96. The Bertz CT molecular complexity index is 1240. The Hall–Kier alpha value is -3.40. The summed E-state index contributed by atoms with van der Waals surface area (Å²) >= 11 is 0. The molecule has 1 aromatic heterocycles. The van der Waals surface area contributed by atoms with E-state index >= 15 is 0 Å². The number of ether oxygens (including phenoxy) is 1. The lowest BCUT2D eigenvalue weighted by molar-refractivity contribution is -0.135. The first-order chi connectivity index (χ1) is 12.7. The standard InChI is InChI=1S/C22H15NO3/c24-19-12-17(15-10-9-13-5-1-2-6-14(13)11-15)20-21(26-19)16-7-3-4-8-18(16)23-22(20)25/h1-11,17H,12H2,(H,23,25). The van der Waals surface area contributed by atoms with Crippen molar-refractivity contribution in [3.05, 3.63) is 88.2 Å². The molecular weight excluding hydrogens is 326 g/mol. The molecule has 0 bridgehead atoms. The number of aromatic amines is 1. The van der Waals surface area contributed by atoms with Crippen LogP contribution in [0.4, 0.5) is 0 Å². The van der Waals surface area contributed by atoms with Crippen LogP contribution < -0.4 is 10.3 Å². The zero-order valence-corrected chi connectivity index (χ0v) is 13.9. The zero-order chi connectivity index (χ0) is 17.7. The minimum atomic E-state index is -0.316. The second-order valence-electron chi connectivity index (χ2n) is 6.58. The van der Waals surface area contributed by atoms with E-state index in [1.807, 2.05) is 60.7 Å². The molecule has 26 heavy (non-hydrogen) atoms. The van der Waals surface area contributed by atoms with E-state index in [0.29, 0.717) is 16.8 Å². The van der Waals surface area contributed by atoms with Crippen molar-refractivity contribution >= 4 is 27.6 Å². The first kappa shape index (κ1) is 14.9. The maximum atomic E-state index is 12.8. The van der Waals surface area contributed by atoms with Crippen LogP contribution >= 0.6 is 0 Å². The molecule has 4 nitrogen and oxygen atoms in total. The minimum absolute atomic E-state index is 0.159. The molecule has 126 valence electrons. The molecule has 0 saturated heterocycles. The van der Waals surface area contributed by atoms with E-state index in [4.69, 9.17) is 4.74 Å². The first-order valence-electron chi connectivity index (χ1n) is 8.55. The molecule has 4 heteroatoms. The molecule has 1 unspecified atom stereocenters. The van der Waals surface area contributed by atoms with Crippen molar-refractivity contribution in [3.63, 3.8) is 0 Å². The van der Waals surface area contributed by atoms with Gasteiger partial charge in [-0.15, -0.1) is 0 Å². The molecule has 0 fully saturated rings. The van der Waals surface area contributed by atoms with Crippen molar-refractivity contribution in [2.24, 2.45) is 0 Å². The van der Waals surface area contributed by atoms with Gasteiger partial charge in [-0.25, -0.2) is 0 Å². The van der Waals surface area contributed by atoms with Gasteiger partial charge < -0.3 is 9.72 Å². The zero-order valence-electron chi connectivity index (χ0n) is 13.9. The van der Waals surface area contributed by atoms with Gasteiger partial charge in [0.1, 0.15) is 5.75 Å².